The first-order valence-electron chi connectivity index (χ1n) is 7.11. The number of hydrogen-bond donors (Lipinski definition) is 3. The molecule has 4 N–H and O–H groups in total. The van der Waals surface area contributed by atoms with E-state index in [2.05, 4.69) is 22.7 Å². The van der Waals surface area contributed by atoms with Gasteiger partial charge in [0.1, 0.15) is 5.76 Å². The second-order valence-electron chi connectivity index (χ2n) is 5.22. The summed E-state index contributed by atoms with van der Waals surface area (Å²) in [6, 6.07) is 4.65. The number of rotatable bonds is 5. The van der Waals surface area contributed by atoms with E-state index >= 15 is 0 Å². The molecule has 0 bridgehead atoms. The van der Waals surface area contributed by atoms with Crippen LogP contribution < -0.4 is 16.6 Å². The Bertz CT molecular complexity index is 382. The molecule has 1 fully saturated rings. The molecule has 1 aliphatic carbocycles. The number of aryl methyl sites for hydroxylation is 1. The average molecular weight is 264 g/mol. The molecule has 0 amide bonds. The van der Waals surface area contributed by atoms with Gasteiger partial charge in [0, 0.05) is 12.5 Å². The SMILES string of the molecule is CC(CCc1ccco1)NC(=NC1CCCC1)NN. The van der Waals surface area contributed by atoms with Crippen molar-refractivity contribution in [2.75, 3.05) is 0 Å². The van der Waals surface area contributed by atoms with Crippen LogP contribution in [0.4, 0.5) is 0 Å². The van der Waals surface area contributed by atoms with Gasteiger partial charge in [-0.25, -0.2) is 10.8 Å². The number of nitrogens with one attached hydrogen (secondary N) is 2. The van der Waals surface area contributed by atoms with Gasteiger partial charge < -0.3 is 9.73 Å². The van der Waals surface area contributed by atoms with Crippen LogP contribution in [0.5, 0.6) is 0 Å². The molecule has 0 aliphatic heterocycles. The largest absolute Gasteiger partial charge is 0.469 e. The molecule has 1 atom stereocenters. The van der Waals surface area contributed by atoms with E-state index < -0.39 is 0 Å². The normalized spacial score (nSPS) is 18.5. The zero-order chi connectivity index (χ0) is 13.5. The van der Waals surface area contributed by atoms with Crippen molar-refractivity contribution < 1.29 is 4.42 Å². The Kier molecular flexibility index (Phi) is 5.27. The highest BCUT2D eigenvalue weighted by Gasteiger charge is 2.15. The number of hydrazine groups is 1. The summed E-state index contributed by atoms with van der Waals surface area (Å²) in [6.07, 6.45) is 8.52. The zero-order valence-corrected chi connectivity index (χ0v) is 11.6. The van der Waals surface area contributed by atoms with Gasteiger partial charge in [0.2, 0.25) is 5.96 Å². The van der Waals surface area contributed by atoms with Gasteiger partial charge in [-0.3, -0.25) is 5.43 Å². The third-order valence-electron chi connectivity index (χ3n) is 3.56. The zero-order valence-electron chi connectivity index (χ0n) is 11.6. The molecule has 5 nitrogen and oxygen atoms in total. The van der Waals surface area contributed by atoms with E-state index in [1.165, 1.54) is 25.7 Å². The molecule has 106 valence electrons. The molecule has 0 spiro atoms. The molecule has 1 unspecified atom stereocenters. The van der Waals surface area contributed by atoms with Gasteiger partial charge >= 0.3 is 0 Å². The van der Waals surface area contributed by atoms with Crippen molar-refractivity contribution in [1.29, 1.82) is 0 Å². The minimum absolute atomic E-state index is 0.307. The first kappa shape index (κ1) is 13.9. The Morgan fingerprint density at radius 1 is 1.53 bits per heavy atom. The molecular formula is C14H24N4O. The van der Waals surface area contributed by atoms with Gasteiger partial charge in [0.05, 0.1) is 12.3 Å². The van der Waals surface area contributed by atoms with Crippen LogP contribution in [0.3, 0.4) is 0 Å². The molecule has 1 aromatic rings. The fourth-order valence-electron chi connectivity index (χ4n) is 2.45. The molecule has 0 aromatic carbocycles. The summed E-state index contributed by atoms with van der Waals surface area (Å²) in [5.74, 6) is 7.25. The van der Waals surface area contributed by atoms with Crippen molar-refractivity contribution in [3.8, 4) is 0 Å². The third kappa shape index (κ3) is 4.59. The smallest absolute Gasteiger partial charge is 0.206 e. The standard InChI is InChI=1S/C14H24N4O/c1-11(8-9-13-7-4-10-19-13)16-14(18-15)17-12-5-2-3-6-12/h4,7,10-12H,2-3,5-6,8-9,15H2,1H3,(H2,16,17,18). The second-order valence-corrected chi connectivity index (χ2v) is 5.22. The lowest BCUT2D eigenvalue weighted by Gasteiger charge is -2.17. The molecule has 1 heterocycles. The molecule has 1 saturated carbocycles. The lowest BCUT2D eigenvalue weighted by Crippen LogP contribution is -2.46. The average Bonchev–Trinajstić information content (AvgIpc) is 3.08. The minimum Gasteiger partial charge on any atom is -0.469 e. The van der Waals surface area contributed by atoms with E-state index in [0.29, 0.717) is 18.0 Å². The molecule has 2 rings (SSSR count). The Morgan fingerprint density at radius 3 is 2.95 bits per heavy atom. The molecule has 0 saturated heterocycles. The van der Waals surface area contributed by atoms with Crippen LogP contribution in [0.25, 0.3) is 0 Å². The number of nitrogens with zero attached hydrogens (tertiary/aromatic N) is 1. The Labute approximate surface area is 114 Å². The Hall–Kier alpha value is -1.49. The number of aliphatic imine (C=N–C) groups is 1. The summed E-state index contributed by atoms with van der Waals surface area (Å²) in [4.78, 5) is 4.62. The van der Waals surface area contributed by atoms with Crippen molar-refractivity contribution in [3.63, 3.8) is 0 Å². The maximum absolute atomic E-state index is 5.53. The highest BCUT2D eigenvalue weighted by molar-refractivity contribution is 5.79. The minimum atomic E-state index is 0.307. The number of guanidine groups is 1. The number of furan rings is 1. The van der Waals surface area contributed by atoms with Gasteiger partial charge in [-0.05, 0) is 38.3 Å². The summed E-state index contributed by atoms with van der Waals surface area (Å²) >= 11 is 0. The maximum atomic E-state index is 5.53. The lowest BCUT2D eigenvalue weighted by atomic mass is 10.1. The van der Waals surface area contributed by atoms with E-state index in [1.54, 1.807) is 6.26 Å². The van der Waals surface area contributed by atoms with Crippen LogP contribution in [0, 0.1) is 0 Å². The lowest BCUT2D eigenvalue weighted by molar-refractivity contribution is 0.481. The van der Waals surface area contributed by atoms with E-state index in [1.807, 2.05) is 12.1 Å². The first-order chi connectivity index (χ1) is 9.28. The summed E-state index contributed by atoms with van der Waals surface area (Å²) < 4.78 is 5.32. The highest BCUT2D eigenvalue weighted by atomic mass is 16.3. The Balaban J connectivity index is 1.76. The molecular weight excluding hydrogens is 240 g/mol. The van der Waals surface area contributed by atoms with E-state index in [0.717, 1.165) is 18.6 Å². The van der Waals surface area contributed by atoms with Crippen LogP contribution in [0.1, 0.15) is 44.8 Å². The number of nitrogens with two attached hydrogens (primary N) is 1. The van der Waals surface area contributed by atoms with Crippen molar-refractivity contribution in [1.82, 2.24) is 10.7 Å². The summed E-state index contributed by atoms with van der Waals surface area (Å²) in [6.45, 7) is 2.13. The van der Waals surface area contributed by atoms with Crippen molar-refractivity contribution in [2.24, 2.45) is 10.8 Å². The quantitative estimate of drug-likeness (QED) is 0.329. The van der Waals surface area contributed by atoms with Crippen molar-refractivity contribution in [2.45, 2.75) is 57.5 Å². The highest BCUT2D eigenvalue weighted by Crippen LogP contribution is 2.20. The van der Waals surface area contributed by atoms with Gasteiger partial charge in [-0.1, -0.05) is 12.8 Å². The van der Waals surface area contributed by atoms with Gasteiger partial charge in [-0.2, -0.15) is 0 Å². The monoisotopic (exact) mass is 264 g/mol. The predicted molar refractivity (Wildman–Crippen MR) is 76.6 cm³/mol. The van der Waals surface area contributed by atoms with Crippen LogP contribution in [-0.2, 0) is 6.42 Å². The fraction of sp³-hybridized carbons (Fsp3) is 0.643. The summed E-state index contributed by atoms with van der Waals surface area (Å²) in [5, 5.41) is 3.33. The summed E-state index contributed by atoms with van der Waals surface area (Å²) in [5.41, 5.74) is 2.67. The number of hydrogen-bond acceptors (Lipinski definition) is 3. The second kappa shape index (κ2) is 7.19. The van der Waals surface area contributed by atoms with Crippen LogP contribution in [-0.4, -0.2) is 18.0 Å². The van der Waals surface area contributed by atoms with E-state index in [-0.39, 0.29) is 0 Å². The molecule has 19 heavy (non-hydrogen) atoms. The fourth-order valence-corrected chi connectivity index (χ4v) is 2.45. The van der Waals surface area contributed by atoms with Crippen LogP contribution >= 0.6 is 0 Å². The van der Waals surface area contributed by atoms with E-state index in [9.17, 15) is 0 Å². The maximum Gasteiger partial charge on any atom is 0.206 e. The summed E-state index contributed by atoms with van der Waals surface area (Å²) in [7, 11) is 0. The topological polar surface area (TPSA) is 75.6 Å². The van der Waals surface area contributed by atoms with Crippen molar-refractivity contribution >= 4 is 5.96 Å². The van der Waals surface area contributed by atoms with Crippen molar-refractivity contribution in [3.05, 3.63) is 24.2 Å². The predicted octanol–water partition coefficient (Wildman–Crippen LogP) is 1.95. The molecule has 5 heteroatoms. The van der Waals surface area contributed by atoms with Gasteiger partial charge in [0.25, 0.3) is 0 Å². The van der Waals surface area contributed by atoms with Gasteiger partial charge in [0.15, 0.2) is 0 Å². The molecule has 1 aliphatic rings. The van der Waals surface area contributed by atoms with Crippen LogP contribution in [0.15, 0.2) is 27.8 Å². The third-order valence-corrected chi connectivity index (χ3v) is 3.56. The van der Waals surface area contributed by atoms with Crippen LogP contribution in [0.2, 0.25) is 0 Å². The van der Waals surface area contributed by atoms with Gasteiger partial charge in [-0.15, -0.1) is 0 Å². The van der Waals surface area contributed by atoms with E-state index in [4.69, 9.17) is 10.3 Å². The molecule has 0 radical (unpaired) electrons. The Morgan fingerprint density at radius 2 is 2.32 bits per heavy atom. The first-order valence-corrected chi connectivity index (χ1v) is 7.11. The molecule has 1 aromatic heterocycles.